The van der Waals surface area contributed by atoms with Crippen LogP contribution in [0, 0.1) is 12.8 Å². The molecule has 202 valence electrons. The van der Waals surface area contributed by atoms with Crippen LogP contribution in [-0.4, -0.2) is 64.8 Å². The van der Waals surface area contributed by atoms with Gasteiger partial charge in [0.05, 0.1) is 28.2 Å². The third-order valence-electron chi connectivity index (χ3n) is 7.64. The molecule has 10 nitrogen and oxygen atoms in total. The normalized spacial score (nSPS) is 25.7. The third kappa shape index (κ3) is 4.76. The Morgan fingerprint density at radius 1 is 1.26 bits per heavy atom. The fraction of sp³-hybridized carbons (Fsp3) is 0.357. The number of nitrogens with one attached hydrogen (secondary N) is 3. The van der Waals surface area contributed by atoms with Crippen LogP contribution in [0.3, 0.4) is 0 Å². The number of aromatic nitrogens is 1. The van der Waals surface area contributed by atoms with E-state index in [-0.39, 0.29) is 41.2 Å². The number of amides is 4. The monoisotopic (exact) mass is 546 g/mol. The van der Waals surface area contributed by atoms with Gasteiger partial charge in [0, 0.05) is 36.8 Å². The highest BCUT2D eigenvalue weighted by molar-refractivity contribution is 8.04. The number of hydrogen-bond acceptors (Lipinski definition) is 7. The van der Waals surface area contributed by atoms with Crippen LogP contribution in [0.2, 0.25) is 0 Å². The zero-order valence-corrected chi connectivity index (χ0v) is 22.4. The summed E-state index contributed by atoms with van der Waals surface area (Å²) in [6, 6.07) is 10.7. The number of ether oxygens (including phenoxy) is 1. The van der Waals surface area contributed by atoms with Gasteiger partial charge in [-0.25, -0.2) is 9.78 Å². The van der Waals surface area contributed by atoms with Crippen molar-refractivity contribution in [1.29, 1.82) is 0 Å². The molecular weight excluding hydrogens is 516 g/mol. The van der Waals surface area contributed by atoms with Crippen LogP contribution in [0.15, 0.2) is 65.9 Å². The van der Waals surface area contributed by atoms with Crippen molar-refractivity contribution in [2.75, 3.05) is 24.5 Å². The number of para-hydroxylation sites is 1. The summed E-state index contributed by atoms with van der Waals surface area (Å²) in [5, 5.41) is 9.60. The van der Waals surface area contributed by atoms with Gasteiger partial charge in [-0.2, -0.15) is 0 Å². The minimum absolute atomic E-state index is 0.0287. The van der Waals surface area contributed by atoms with Crippen molar-refractivity contribution in [2.24, 2.45) is 5.92 Å². The summed E-state index contributed by atoms with van der Waals surface area (Å²) in [4.78, 5) is 47.3. The van der Waals surface area contributed by atoms with Crippen LogP contribution in [0.25, 0.3) is 0 Å². The van der Waals surface area contributed by atoms with Crippen LogP contribution in [0.4, 0.5) is 10.5 Å². The molecule has 3 unspecified atom stereocenters. The molecule has 3 saturated heterocycles. The van der Waals surface area contributed by atoms with E-state index in [2.05, 4.69) is 27.5 Å². The van der Waals surface area contributed by atoms with E-state index in [0.717, 1.165) is 24.2 Å². The summed E-state index contributed by atoms with van der Waals surface area (Å²) in [6.45, 7) is 7.25. The van der Waals surface area contributed by atoms with Gasteiger partial charge in [0.25, 0.3) is 5.91 Å². The van der Waals surface area contributed by atoms with E-state index < -0.39 is 0 Å². The molecule has 3 fully saturated rings. The highest BCUT2D eigenvalue weighted by Gasteiger charge is 2.52. The SMILES string of the molecule is C=CC(=O)N1CC[C@@H](NC(=O)C2=C3NC(=O)N(c4cnc(Oc5ccccc5)cc4C)C4CCNC(S2)C34)C1. The molecule has 0 radical (unpaired) electrons. The van der Waals surface area contributed by atoms with Gasteiger partial charge < -0.3 is 25.6 Å². The Bertz CT molecular complexity index is 1370. The lowest BCUT2D eigenvalue weighted by molar-refractivity contribution is -0.125. The zero-order chi connectivity index (χ0) is 27.1. The lowest BCUT2D eigenvalue weighted by Gasteiger charge is -2.46. The van der Waals surface area contributed by atoms with E-state index in [1.165, 1.54) is 17.8 Å². The second-order valence-corrected chi connectivity index (χ2v) is 11.2. The average Bonchev–Trinajstić information content (AvgIpc) is 3.55. The second kappa shape index (κ2) is 10.4. The summed E-state index contributed by atoms with van der Waals surface area (Å²) in [6.07, 6.45) is 4.41. The first-order chi connectivity index (χ1) is 18.9. The molecule has 6 rings (SSSR count). The first-order valence-electron chi connectivity index (χ1n) is 13.1. The molecule has 0 spiro atoms. The van der Waals surface area contributed by atoms with Crippen molar-refractivity contribution >= 4 is 35.3 Å². The zero-order valence-electron chi connectivity index (χ0n) is 21.6. The molecule has 4 atom stereocenters. The minimum Gasteiger partial charge on any atom is -0.439 e. The molecule has 4 aliphatic rings. The minimum atomic E-state index is -0.273. The van der Waals surface area contributed by atoms with Crippen molar-refractivity contribution in [2.45, 2.75) is 37.2 Å². The number of piperidine rings is 1. The number of benzene rings is 1. The van der Waals surface area contributed by atoms with E-state index in [1.54, 1.807) is 16.0 Å². The summed E-state index contributed by atoms with van der Waals surface area (Å²) in [5.41, 5.74) is 2.27. The summed E-state index contributed by atoms with van der Waals surface area (Å²) < 4.78 is 5.88. The molecule has 1 aromatic heterocycles. The van der Waals surface area contributed by atoms with Gasteiger partial charge in [0.2, 0.25) is 11.8 Å². The summed E-state index contributed by atoms with van der Waals surface area (Å²) >= 11 is 1.46. The van der Waals surface area contributed by atoms with E-state index in [9.17, 15) is 14.4 Å². The van der Waals surface area contributed by atoms with Gasteiger partial charge in [-0.3, -0.25) is 14.5 Å². The van der Waals surface area contributed by atoms with Gasteiger partial charge >= 0.3 is 6.03 Å². The molecule has 0 saturated carbocycles. The van der Waals surface area contributed by atoms with Crippen LogP contribution in [0.5, 0.6) is 11.6 Å². The molecule has 4 amide bonds. The van der Waals surface area contributed by atoms with Gasteiger partial charge in [0.15, 0.2) is 0 Å². The predicted molar refractivity (Wildman–Crippen MR) is 148 cm³/mol. The first-order valence-corrected chi connectivity index (χ1v) is 14.0. The van der Waals surface area contributed by atoms with Crippen molar-refractivity contribution in [3.63, 3.8) is 0 Å². The van der Waals surface area contributed by atoms with Gasteiger partial charge in [-0.15, -0.1) is 0 Å². The number of rotatable bonds is 6. The van der Waals surface area contributed by atoms with E-state index in [0.29, 0.717) is 41.7 Å². The van der Waals surface area contributed by atoms with Crippen LogP contribution >= 0.6 is 11.8 Å². The second-order valence-electron chi connectivity index (χ2n) is 10.1. The number of thioether (sulfide) groups is 1. The van der Waals surface area contributed by atoms with Crippen molar-refractivity contribution in [3.05, 3.63) is 71.4 Å². The standard InChI is InChI=1S/C28H30N6O4S/c1-3-22(35)33-12-10-17(15-33)31-26(36)25-24-23-19(9-11-29-27(23)39-25)34(28(37)32-24)20-14-30-21(13-16(20)2)38-18-7-5-4-6-8-18/h3-8,13-14,17,19,23,27,29H,1,9-12,15H2,2H3,(H,31,36)(H,32,37)/t17-,19?,23?,27?/m1/s1. The Labute approximate surface area is 230 Å². The van der Waals surface area contributed by atoms with Gasteiger partial charge in [0.1, 0.15) is 5.75 Å². The lowest BCUT2D eigenvalue weighted by atomic mass is 9.86. The molecule has 4 aliphatic heterocycles. The fourth-order valence-corrected chi connectivity index (χ4v) is 7.20. The summed E-state index contributed by atoms with van der Waals surface area (Å²) in [5.74, 6) is 0.738. The smallest absolute Gasteiger partial charge is 0.326 e. The Hall–Kier alpha value is -3.83. The fourth-order valence-electron chi connectivity index (χ4n) is 5.80. The number of urea groups is 1. The molecule has 0 bridgehead atoms. The number of likely N-dealkylation sites (tertiary alicyclic amines) is 1. The van der Waals surface area contributed by atoms with Crippen molar-refractivity contribution < 1.29 is 19.1 Å². The maximum absolute atomic E-state index is 13.5. The van der Waals surface area contributed by atoms with Crippen LogP contribution in [0.1, 0.15) is 18.4 Å². The average molecular weight is 547 g/mol. The molecule has 0 aliphatic carbocycles. The number of anilines is 1. The molecule has 1 aromatic carbocycles. The predicted octanol–water partition coefficient (Wildman–Crippen LogP) is 2.88. The Morgan fingerprint density at radius 3 is 2.85 bits per heavy atom. The highest BCUT2D eigenvalue weighted by Crippen LogP contribution is 2.48. The lowest BCUT2D eigenvalue weighted by Crippen LogP contribution is -2.62. The largest absolute Gasteiger partial charge is 0.439 e. The highest BCUT2D eigenvalue weighted by atomic mass is 32.2. The number of hydrogen-bond donors (Lipinski definition) is 3. The van der Waals surface area contributed by atoms with Gasteiger partial charge in [-0.05, 0) is 50.1 Å². The molecule has 11 heteroatoms. The number of carbonyl (C=O) groups excluding carboxylic acids is 3. The number of aryl methyl sites for hydroxylation is 1. The van der Waals surface area contributed by atoms with Gasteiger partial charge in [-0.1, -0.05) is 36.5 Å². The summed E-state index contributed by atoms with van der Waals surface area (Å²) in [7, 11) is 0. The molecular formula is C28H30N6O4S. The molecule has 5 heterocycles. The molecule has 39 heavy (non-hydrogen) atoms. The number of pyridine rings is 1. The maximum Gasteiger partial charge on any atom is 0.326 e. The Kier molecular flexibility index (Phi) is 6.78. The maximum atomic E-state index is 13.5. The van der Waals surface area contributed by atoms with Crippen molar-refractivity contribution in [1.82, 2.24) is 25.8 Å². The van der Waals surface area contributed by atoms with Crippen molar-refractivity contribution in [3.8, 4) is 11.6 Å². The number of carbonyl (C=O) groups is 3. The van der Waals surface area contributed by atoms with E-state index in [1.807, 2.05) is 43.3 Å². The quantitative estimate of drug-likeness (QED) is 0.477. The Balaban J connectivity index is 1.22. The topological polar surface area (TPSA) is 116 Å². The Morgan fingerprint density at radius 2 is 2.08 bits per heavy atom. The molecule has 2 aromatic rings. The van der Waals surface area contributed by atoms with E-state index in [4.69, 9.17) is 4.74 Å². The third-order valence-corrected chi connectivity index (χ3v) is 9.00. The van der Waals surface area contributed by atoms with Crippen LogP contribution < -0.4 is 25.6 Å². The van der Waals surface area contributed by atoms with E-state index >= 15 is 0 Å². The first kappa shape index (κ1) is 25.4. The molecule has 3 N–H and O–H groups in total. The van der Waals surface area contributed by atoms with Crippen LogP contribution in [-0.2, 0) is 9.59 Å². The number of nitrogens with zero attached hydrogens (tertiary/aromatic N) is 3.